The summed E-state index contributed by atoms with van der Waals surface area (Å²) in [5, 5.41) is 3.85. The van der Waals surface area contributed by atoms with Gasteiger partial charge in [-0.3, -0.25) is 14.4 Å². The number of aryl methyl sites for hydroxylation is 1. The van der Waals surface area contributed by atoms with Gasteiger partial charge < -0.3 is 14.6 Å². The van der Waals surface area contributed by atoms with E-state index in [0.29, 0.717) is 44.1 Å². The lowest BCUT2D eigenvalue weighted by molar-refractivity contribution is 0.101. The third-order valence-corrected chi connectivity index (χ3v) is 9.16. The highest BCUT2D eigenvalue weighted by Crippen LogP contribution is 2.39. The molecule has 1 saturated heterocycles. The number of anilines is 2. The Hall–Kier alpha value is -3.13. The van der Waals surface area contributed by atoms with E-state index in [-0.39, 0.29) is 22.8 Å². The van der Waals surface area contributed by atoms with Gasteiger partial charge in [0.15, 0.2) is 5.75 Å². The van der Waals surface area contributed by atoms with Gasteiger partial charge in [0.1, 0.15) is 5.69 Å². The highest BCUT2D eigenvalue weighted by molar-refractivity contribution is 7.92. The Kier molecular flexibility index (Phi) is 8.47. The van der Waals surface area contributed by atoms with E-state index in [0.717, 1.165) is 28.3 Å². The topological polar surface area (TPSA) is 130 Å². The molecule has 0 aliphatic carbocycles. The molecule has 2 aromatic carbocycles. The number of hydrogen-bond acceptors (Lipinski definition) is 7. The number of nitrogens with zero attached hydrogens (tertiary/aromatic N) is 3. The molecule has 0 spiro atoms. The number of amides is 1. The van der Waals surface area contributed by atoms with Crippen molar-refractivity contribution in [3.05, 3.63) is 53.2 Å². The third kappa shape index (κ3) is 7.03. The average molecular weight is 606 g/mol. The monoisotopic (exact) mass is 605 g/mol. The molecule has 3 aromatic rings. The van der Waals surface area contributed by atoms with E-state index in [9.17, 15) is 21.6 Å². The molecule has 2 N–H and O–H groups in total. The number of piperazine rings is 1. The molecule has 1 aromatic heterocycles. The number of nitrogens with one attached hydrogen (secondary N) is 2. The third-order valence-electron chi connectivity index (χ3n) is 7.27. The van der Waals surface area contributed by atoms with E-state index in [2.05, 4.69) is 14.9 Å². The predicted molar refractivity (Wildman–Crippen MR) is 163 cm³/mol. The van der Waals surface area contributed by atoms with Crippen LogP contribution in [0.25, 0.3) is 10.9 Å². The van der Waals surface area contributed by atoms with Crippen LogP contribution in [0.15, 0.2) is 36.4 Å². The predicted octanol–water partition coefficient (Wildman–Crippen LogP) is 3.19. The molecule has 0 unspecified atom stereocenters. The number of fused-ring (bicyclic) bond motifs is 1. The number of carbonyl (C=O) groups excluding carboxylic acids is 1. The van der Waals surface area contributed by atoms with Crippen LogP contribution in [0.3, 0.4) is 0 Å². The lowest BCUT2D eigenvalue weighted by Crippen LogP contribution is -2.47. The molecule has 1 amide bonds. The fourth-order valence-electron chi connectivity index (χ4n) is 5.14. The Bertz CT molecular complexity index is 1680. The van der Waals surface area contributed by atoms with Crippen LogP contribution in [0.2, 0.25) is 0 Å². The van der Waals surface area contributed by atoms with Crippen LogP contribution >= 0.6 is 0 Å². The van der Waals surface area contributed by atoms with Gasteiger partial charge in [-0.1, -0.05) is 39.0 Å². The summed E-state index contributed by atoms with van der Waals surface area (Å²) in [5.74, 6) is -0.157. The summed E-state index contributed by atoms with van der Waals surface area (Å²) in [5.41, 5.74) is 3.45. The molecule has 224 valence electrons. The first-order chi connectivity index (χ1) is 19.0. The maximum Gasteiger partial charge on any atom is 0.272 e. The second-order valence-corrected chi connectivity index (χ2v) is 15.3. The van der Waals surface area contributed by atoms with Crippen molar-refractivity contribution < 1.29 is 26.4 Å². The van der Waals surface area contributed by atoms with Crippen LogP contribution in [0.1, 0.15) is 42.4 Å². The van der Waals surface area contributed by atoms with Crippen LogP contribution < -0.4 is 14.8 Å². The molecule has 13 heteroatoms. The molecule has 1 aliphatic heterocycles. The molecule has 4 rings (SSSR count). The maximum absolute atomic E-state index is 13.7. The van der Waals surface area contributed by atoms with E-state index in [4.69, 9.17) is 4.74 Å². The number of methoxy groups -OCH3 is 1. The standard InChI is InChI=1S/C28H39N5O6S2/c1-28(2,3)21-16-22(26(39-5)23(17-21)30-40(6,35)36)29-27(34)24-15-19-9-8-10-20(25(19)31(24)4)18-32-11-13-33(14-12-32)41(7,37)38/h8-10,15-17,30H,11-14,18H2,1-7H3,(H,29,34). The van der Waals surface area contributed by atoms with Crippen LogP contribution in [0, 0.1) is 0 Å². The zero-order valence-corrected chi connectivity index (χ0v) is 26.2. The summed E-state index contributed by atoms with van der Waals surface area (Å²) in [7, 11) is -3.55. The van der Waals surface area contributed by atoms with Crippen LogP contribution in [-0.2, 0) is 39.1 Å². The van der Waals surface area contributed by atoms with Crippen molar-refractivity contribution in [2.75, 3.05) is 55.8 Å². The summed E-state index contributed by atoms with van der Waals surface area (Å²) in [6.45, 7) is 8.74. The van der Waals surface area contributed by atoms with Crippen molar-refractivity contribution in [1.29, 1.82) is 0 Å². The van der Waals surface area contributed by atoms with Gasteiger partial charge in [0.05, 0.1) is 36.5 Å². The number of aromatic nitrogens is 1. The van der Waals surface area contributed by atoms with Crippen LogP contribution in [0.4, 0.5) is 11.4 Å². The second kappa shape index (κ2) is 11.3. The lowest BCUT2D eigenvalue weighted by atomic mass is 9.86. The number of benzene rings is 2. The van der Waals surface area contributed by atoms with Crippen molar-refractivity contribution in [3.63, 3.8) is 0 Å². The number of para-hydroxylation sites is 1. The summed E-state index contributed by atoms with van der Waals surface area (Å²) >= 11 is 0. The fraction of sp³-hybridized carbons (Fsp3) is 0.464. The zero-order chi connectivity index (χ0) is 30.3. The zero-order valence-electron chi connectivity index (χ0n) is 24.6. The van der Waals surface area contributed by atoms with Gasteiger partial charge >= 0.3 is 0 Å². The number of rotatable bonds is 8. The second-order valence-electron chi connectivity index (χ2n) is 11.6. The molecular formula is C28H39N5O6S2. The molecule has 0 saturated carbocycles. The SMILES string of the molecule is COc1c(NC(=O)c2cc3cccc(CN4CCN(S(C)(=O)=O)CC4)c3n2C)cc(C(C)(C)C)cc1NS(C)(=O)=O. The van der Waals surface area contributed by atoms with Crippen molar-refractivity contribution in [2.24, 2.45) is 7.05 Å². The van der Waals surface area contributed by atoms with Crippen molar-refractivity contribution in [2.45, 2.75) is 32.7 Å². The van der Waals surface area contributed by atoms with E-state index < -0.39 is 20.0 Å². The van der Waals surface area contributed by atoms with E-state index in [1.807, 2.05) is 56.7 Å². The van der Waals surface area contributed by atoms with E-state index in [1.165, 1.54) is 17.7 Å². The lowest BCUT2D eigenvalue weighted by Gasteiger charge is -2.33. The summed E-state index contributed by atoms with van der Waals surface area (Å²) in [6.07, 6.45) is 2.30. The van der Waals surface area contributed by atoms with Gasteiger partial charge in [-0.05, 0) is 34.7 Å². The van der Waals surface area contributed by atoms with E-state index >= 15 is 0 Å². The number of sulfonamides is 2. The molecule has 1 fully saturated rings. The van der Waals surface area contributed by atoms with Gasteiger partial charge in [0.25, 0.3) is 5.91 Å². The van der Waals surface area contributed by atoms with Crippen molar-refractivity contribution in [3.8, 4) is 5.75 Å². The van der Waals surface area contributed by atoms with Gasteiger partial charge in [-0.15, -0.1) is 0 Å². The number of hydrogen-bond donors (Lipinski definition) is 2. The van der Waals surface area contributed by atoms with Gasteiger partial charge in [-0.2, -0.15) is 4.31 Å². The molecule has 11 nitrogen and oxygen atoms in total. The van der Waals surface area contributed by atoms with Gasteiger partial charge in [0, 0.05) is 45.2 Å². The molecule has 0 atom stereocenters. The summed E-state index contributed by atoms with van der Waals surface area (Å²) in [4.78, 5) is 15.9. The molecule has 1 aliphatic rings. The van der Waals surface area contributed by atoms with E-state index in [1.54, 1.807) is 12.1 Å². The Labute approximate surface area is 242 Å². The fourth-order valence-corrected chi connectivity index (χ4v) is 6.52. The normalized spacial score (nSPS) is 15.7. The molecule has 2 heterocycles. The first kappa shape index (κ1) is 30.8. The minimum atomic E-state index is -3.60. The van der Waals surface area contributed by atoms with Crippen LogP contribution in [-0.4, -0.2) is 82.3 Å². The van der Waals surface area contributed by atoms with Crippen LogP contribution in [0.5, 0.6) is 5.75 Å². The minimum Gasteiger partial charge on any atom is -0.492 e. The smallest absolute Gasteiger partial charge is 0.272 e. The number of carbonyl (C=O) groups is 1. The minimum absolute atomic E-state index is 0.212. The molecule has 0 bridgehead atoms. The van der Waals surface area contributed by atoms with Crippen molar-refractivity contribution >= 4 is 48.2 Å². The van der Waals surface area contributed by atoms with Gasteiger partial charge in [-0.25, -0.2) is 16.8 Å². The Morgan fingerprint density at radius 2 is 1.61 bits per heavy atom. The first-order valence-corrected chi connectivity index (χ1v) is 17.0. The quantitative estimate of drug-likeness (QED) is 0.403. The summed E-state index contributed by atoms with van der Waals surface area (Å²) in [6, 6.07) is 11.3. The Morgan fingerprint density at radius 1 is 0.976 bits per heavy atom. The largest absolute Gasteiger partial charge is 0.492 e. The average Bonchev–Trinajstić information content (AvgIpc) is 3.19. The van der Waals surface area contributed by atoms with Crippen molar-refractivity contribution in [1.82, 2.24) is 13.8 Å². The Morgan fingerprint density at radius 3 is 2.17 bits per heavy atom. The Balaban J connectivity index is 1.66. The highest BCUT2D eigenvalue weighted by atomic mass is 32.2. The maximum atomic E-state index is 13.7. The molecule has 41 heavy (non-hydrogen) atoms. The van der Waals surface area contributed by atoms with Gasteiger partial charge in [0.2, 0.25) is 20.0 Å². The summed E-state index contributed by atoms with van der Waals surface area (Å²) < 4.78 is 59.3. The number of ether oxygens (including phenoxy) is 1. The molecular weight excluding hydrogens is 566 g/mol. The molecule has 0 radical (unpaired) electrons. The first-order valence-electron chi connectivity index (χ1n) is 13.2. The highest BCUT2D eigenvalue weighted by Gasteiger charge is 2.26.